The van der Waals surface area contributed by atoms with E-state index in [0.717, 1.165) is 5.75 Å². The molecule has 0 aliphatic rings. The molecule has 1 N–H and O–H groups in total. The number of carbonyl (C=O) groups is 1. The highest BCUT2D eigenvalue weighted by Gasteiger charge is 2.22. The smallest absolute Gasteiger partial charge is 0.411 e. The van der Waals surface area contributed by atoms with Gasteiger partial charge in [-0.1, -0.05) is 0 Å². The number of ether oxygens (including phenoxy) is 2. The van der Waals surface area contributed by atoms with Gasteiger partial charge in [-0.2, -0.15) is 0 Å². The average Bonchev–Trinajstić information content (AvgIpc) is 2.39. The SMILES string of the molecule is CCOc1ccc(NC(=O)OCC(C)(C)N(C)C)cc1. The largest absolute Gasteiger partial charge is 0.494 e. The van der Waals surface area contributed by atoms with E-state index in [1.807, 2.05) is 51.9 Å². The van der Waals surface area contributed by atoms with E-state index in [4.69, 9.17) is 9.47 Å². The lowest BCUT2D eigenvalue weighted by Gasteiger charge is -2.31. The molecule has 5 heteroatoms. The van der Waals surface area contributed by atoms with Gasteiger partial charge in [0.05, 0.1) is 6.61 Å². The first kappa shape index (κ1) is 16.3. The second-order valence-corrected chi connectivity index (χ2v) is 5.37. The molecule has 1 amide bonds. The first-order valence-electron chi connectivity index (χ1n) is 6.69. The third-order valence-electron chi connectivity index (χ3n) is 3.18. The Kier molecular flexibility index (Phi) is 5.82. The van der Waals surface area contributed by atoms with E-state index in [9.17, 15) is 4.79 Å². The summed E-state index contributed by atoms with van der Waals surface area (Å²) >= 11 is 0. The predicted octanol–water partition coefficient (Wildman–Crippen LogP) is 2.97. The molecule has 0 unspecified atom stereocenters. The number of carbonyl (C=O) groups excluding carboxylic acids is 1. The third kappa shape index (κ3) is 5.09. The molecule has 1 rings (SSSR count). The van der Waals surface area contributed by atoms with Crippen LogP contribution in [0.15, 0.2) is 24.3 Å². The van der Waals surface area contributed by atoms with Crippen LogP contribution in [0.5, 0.6) is 5.75 Å². The number of hydrogen-bond acceptors (Lipinski definition) is 4. The summed E-state index contributed by atoms with van der Waals surface area (Å²) in [5.74, 6) is 0.778. The molecule has 0 fully saturated rings. The maximum Gasteiger partial charge on any atom is 0.411 e. The first-order valence-corrected chi connectivity index (χ1v) is 6.69. The minimum absolute atomic E-state index is 0.198. The normalized spacial score (nSPS) is 11.3. The van der Waals surface area contributed by atoms with Crippen molar-refractivity contribution >= 4 is 11.8 Å². The first-order chi connectivity index (χ1) is 9.35. The van der Waals surface area contributed by atoms with E-state index in [0.29, 0.717) is 18.9 Å². The molecule has 0 bridgehead atoms. The zero-order chi connectivity index (χ0) is 15.2. The predicted molar refractivity (Wildman–Crippen MR) is 80.3 cm³/mol. The van der Waals surface area contributed by atoms with E-state index >= 15 is 0 Å². The number of benzene rings is 1. The maximum absolute atomic E-state index is 11.7. The topological polar surface area (TPSA) is 50.8 Å². The molecule has 0 spiro atoms. The van der Waals surface area contributed by atoms with E-state index in [-0.39, 0.29) is 5.54 Å². The van der Waals surface area contributed by atoms with Crippen LogP contribution in [0.25, 0.3) is 0 Å². The van der Waals surface area contributed by atoms with Crippen molar-refractivity contribution in [2.24, 2.45) is 0 Å². The Balaban J connectivity index is 2.46. The van der Waals surface area contributed by atoms with Crippen LogP contribution in [0.2, 0.25) is 0 Å². The molecule has 0 saturated heterocycles. The Labute approximate surface area is 120 Å². The Morgan fingerprint density at radius 3 is 2.35 bits per heavy atom. The number of amides is 1. The van der Waals surface area contributed by atoms with Crippen molar-refractivity contribution in [2.75, 3.05) is 32.6 Å². The van der Waals surface area contributed by atoms with Gasteiger partial charge in [-0.25, -0.2) is 4.79 Å². The Morgan fingerprint density at radius 1 is 1.25 bits per heavy atom. The van der Waals surface area contributed by atoms with Crippen LogP contribution in [-0.4, -0.2) is 43.8 Å². The Morgan fingerprint density at radius 2 is 1.85 bits per heavy atom. The summed E-state index contributed by atoms with van der Waals surface area (Å²) in [5.41, 5.74) is 0.483. The van der Waals surface area contributed by atoms with Gasteiger partial charge < -0.3 is 14.4 Å². The summed E-state index contributed by atoms with van der Waals surface area (Å²) in [4.78, 5) is 13.7. The molecule has 0 aliphatic carbocycles. The lowest BCUT2D eigenvalue weighted by molar-refractivity contribution is 0.0775. The number of likely N-dealkylation sites (N-methyl/N-ethyl adjacent to an activating group) is 1. The van der Waals surface area contributed by atoms with Gasteiger partial charge in [-0.15, -0.1) is 0 Å². The highest BCUT2D eigenvalue weighted by molar-refractivity contribution is 5.84. The number of anilines is 1. The molecule has 0 aliphatic heterocycles. The van der Waals surface area contributed by atoms with Gasteiger partial charge in [0.2, 0.25) is 0 Å². The van der Waals surface area contributed by atoms with Crippen LogP contribution >= 0.6 is 0 Å². The van der Waals surface area contributed by atoms with Gasteiger partial charge in [0.15, 0.2) is 0 Å². The lowest BCUT2D eigenvalue weighted by Crippen LogP contribution is -2.43. The number of rotatable bonds is 6. The molecule has 1 aromatic rings. The minimum Gasteiger partial charge on any atom is -0.494 e. The summed E-state index contributed by atoms with van der Waals surface area (Å²) < 4.78 is 10.6. The van der Waals surface area contributed by atoms with Gasteiger partial charge in [0.1, 0.15) is 12.4 Å². The molecule has 20 heavy (non-hydrogen) atoms. The van der Waals surface area contributed by atoms with E-state index in [1.165, 1.54) is 0 Å². The summed E-state index contributed by atoms with van der Waals surface area (Å²) in [6.45, 7) is 6.89. The lowest BCUT2D eigenvalue weighted by atomic mass is 10.1. The van der Waals surface area contributed by atoms with Crippen LogP contribution in [0.1, 0.15) is 20.8 Å². The van der Waals surface area contributed by atoms with Gasteiger partial charge in [-0.05, 0) is 59.1 Å². The Bertz CT molecular complexity index is 427. The zero-order valence-electron chi connectivity index (χ0n) is 12.9. The van der Waals surface area contributed by atoms with Crippen LogP contribution in [0.3, 0.4) is 0 Å². The van der Waals surface area contributed by atoms with E-state index in [1.54, 1.807) is 12.1 Å². The van der Waals surface area contributed by atoms with Gasteiger partial charge >= 0.3 is 6.09 Å². The highest BCUT2D eigenvalue weighted by Crippen LogP contribution is 2.16. The minimum atomic E-state index is -0.455. The van der Waals surface area contributed by atoms with Crippen LogP contribution in [-0.2, 0) is 4.74 Å². The molecule has 0 saturated carbocycles. The fourth-order valence-electron chi connectivity index (χ4n) is 1.33. The molecular weight excluding hydrogens is 256 g/mol. The Hall–Kier alpha value is -1.75. The van der Waals surface area contributed by atoms with Crippen LogP contribution < -0.4 is 10.1 Å². The van der Waals surface area contributed by atoms with Crippen LogP contribution in [0.4, 0.5) is 10.5 Å². The molecule has 0 aromatic heterocycles. The standard InChI is InChI=1S/C15H24N2O3/c1-6-19-13-9-7-12(8-10-13)16-14(18)20-11-15(2,3)17(4)5/h7-10H,6,11H2,1-5H3,(H,16,18). The molecular formula is C15H24N2O3. The molecule has 1 aromatic carbocycles. The van der Waals surface area contributed by atoms with Crippen molar-refractivity contribution in [1.82, 2.24) is 4.90 Å². The van der Waals surface area contributed by atoms with Gasteiger partial charge in [0.25, 0.3) is 0 Å². The van der Waals surface area contributed by atoms with E-state index < -0.39 is 6.09 Å². The van der Waals surface area contributed by atoms with Gasteiger partial charge in [-0.3, -0.25) is 5.32 Å². The molecule has 0 radical (unpaired) electrons. The molecule has 5 nitrogen and oxygen atoms in total. The quantitative estimate of drug-likeness (QED) is 0.870. The van der Waals surface area contributed by atoms with Gasteiger partial charge in [0, 0.05) is 11.2 Å². The fraction of sp³-hybridized carbons (Fsp3) is 0.533. The summed E-state index contributed by atoms with van der Waals surface area (Å²) in [7, 11) is 3.90. The van der Waals surface area contributed by atoms with Crippen molar-refractivity contribution in [3.63, 3.8) is 0 Å². The van der Waals surface area contributed by atoms with Crippen molar-refractivity contribution in [2.45, 2.75) is 26.3 Å². The summed E-state index contributed by atoms with van der Waals surface area (Å²) in [5, 5.41) is 2.69. The summed E-state index contributed by atoms with van der Waals surface area (Å²) in [6, 6.07) is 7.18. The van der Waals surface area contributed by atoms with Crippen molar-refractivity contribution < 1.29 is 14.3 Å². The second-order valence-electron chi connectivity index (χ2n) is 5.37. The van der Waals surface area contributed by atoms with Crippen LogP contribution in [0, 0.1) is 0 Å². The summed E-state index contributed by atoms with van der Waals surface area (Å²) in [6.07, 6.45) is -0.455. The van der Waals surface area contributed by atoms with E-state index in [2.05, 4.69) is 5.32 Å². The monoisotopic (exact) mass is 280 g/mol. The maximum atomic E-state index is 11.7. The molecule has 0 atom stereocenters. The number of nitrogens with one attached hydrogen (secondary N) is 1. The number of nitrogens with zero attached hydrogens (tertiary/aromatic N) is 1. The average molecular weight is 280 g/mol. The highest BCUT2D eigenvalue weighted by atomic mass is 16.5. The van der Waals surface area contributed by atoms with Crippen molar-refractivity contribution in [3.05, 3.63) is 24.3 Å². The molecule has 112 valence electrons. The third-order valence-corrected chi connectivity index (χ3v) is 3.18. The number of hydrogen-bond donors (Lipinski definition) is 1. The van der Waals surface area contributed by atoms with Crippen molar-refractivity contribution in [1.29, 1.82) is 0 Å². The fourth-order valence-corrected chi connectivity index (χ4v) is 1.33. The zero-order valence-corrected chi connectivity index (χ0v) is 12.9. The molecule has 0 heterocycles. The van der Waals surface area contributed by atoms with Crippen molar-refractivity contribution in [3.8, 4) is 5.75 Å². The second kappa shape index (κ2) is 7.14.